The summed E-state index contributed by atoms with van der Waals surface area (Å²) in [5.74, 6) is -3.51. The monoisotopic (exact) mass is 812 g/mol. The van der Waals surface area contributed by atoms with Crippen LogP contribution in [0.2, 0.25) is 10.0 Å². The van der Waals surface area contributed by atoms with Crippen molar-refractivity contribution < 1.29 is 63.9 Å². The van der Waals surface area contributed by atoms with Gasteiger partial charge in [0.15, 0.2) is 23.9 Å². The number of hydrogen-bond donors (Lipinski definition) is 6. The number of phenols is 2. The summed E-state index contributed by atoms with van der Waals surface area (Å²) in [5.41, 5.74) is 1.78. The highest BCUT2D eigenvalue weighted by atomic mass is 35.5. The summed E-state index contributed by atoms with van der Waals surface area (Å²) in [4.78, 5) is 26.8. The van der Waals surface area contributed by atoms with E-state index in [4.69, 9.17) is 46.9 Å². The fourth-order valence-electron chi connectivity index (χ4n) is 6.26. The number of rotatable bonds is 8. The van der Waals surface area contributed by atoms with Crippen molar-refractivity contribution in [2.75, 3.05) is 13.7 Å². The van der Waals surface area contributed by atoms with E-state index in [2.05, 4.69) is 0 Å². The molecule has 0 saturated carbocycles. The van der Waals surface area contributed by atoms with Crippen LogP contribution in [0.15, 0.2) is 58.7 Å². The van der Waals surface area contributed by atoms with Crippen molar-refractivity contribution in [2.24, 2.45) is 5.92 Å². The number of aliphatic hydroxyl groups is 4. The summed E-state index contributed by atoms with van der Waals surface area (Å²) in [6.07, 6.45) is 1.14. The van der Waals surface area contributed by atoms with Crippen LogP contribution in [0.3, 0.4) is 0 Å². The number of carbonyl (C=O) groups excluding carboxylic acids is 2. The van der Waals surface area contributed by atoms with Crippen LogP contribution in [0.4, 0.5) is 0 Å². The van der Waals surface area contributed by atoms with Gasteiger partial charge >= 0.3 is 11.9 Å². The maximum absolute atomic E-state index is 13.6. The first-order valence-electron chi connectivity index (χ1n) is 18.1. The highest BCUT2D eigenvalue weighted by molar-refractivity contribution is 6.39. The lowest BCUT2D eigenvalue weighted by atomic mass is 9.90. The van der Waals surface area contributed by atoms with Crippen molar-refractivity contribution in [1.82, 2.24) is 0 Å². The van der Waals surface area contributed by atoms with Crippen LogP contribution in [-0.2, 0) is 28.5 Å². The quantitative estimate of drug-likeness (QED) is 0.142. The predicted molar refractivity (Wildman–Crippen MR) is 206 cm³/mol. The summed E-state index contributed by atoms with van der Waals surface area (Å²) in [5, 5.41) is 63.4. The molecule has 2 aliphatic heterocycles. The first kappa shape index (κ1) is 46.1. The van der Waals surface area contributed by atoms with Gasteiger partial charge in [-0.05, 0) is 77.2 Å². The number of methoxy groups -OCH3 is 1. The van der Waals surface area contributed by atoms with Crippen molar-refractivity contribution >= 4 is 35.1 Å². The SMILES string of the molecule is CCC1/C=C(\C)C(O)C/C=C/C=C(\COC2OC(C)C(OC(=O)c3c(C)c(Cl)c(O)c(Cl)c3O)C(O)C2OC)C(=O)OC(C(C)O)C/C=C(C)/C=C(\C)C1O. The van der Waals surface area contributed by atoms with Gasteiger partial charge in [-0.25, -0.2) is 9.59 Å². The number of hydrogen-bond acceptors (Lipinski definition) is 13. The Morgan fingerprint density at radius 2 is 1.69 bits per heavy atom. The highest BCUT2D eigenvalue weighted by Crippen LogP contribution is 2.44. The maximum Gasteiger partial charge on any atom is 0.342 e. The molecule has 1 aromatic carbocycles. The van der Waals surface area contributed by atoms with Gasteiger partial charge in [0.1, 0.15) is 28.9 Å². The minimum Gasteiger partial charge on any atom is -0.505 e. The molecule has 55 heavy (non-hydrogen) atoms. The normalized spacial score (nSPS) is 33.9. The zero-order chi connectivity index (χ0) is 41.3. The number of ether oxygens (including phenoxy) is 5. The van der Waals surface area contributed by atoms with E-state index in [9.17, 15) is 40.2 Å². The number of aliphatic hydroxyl groups excluding tert-OH is 4. The molecule has 3 rings (SSSR count). The van der Waals surface area contributed by atoms with Gasteiger partial charge in [0.2, 0.25) is 0 Å². The Kier molecular flexibility index (Phi) is 17.4. The molecule has 0 amide bonds. The van der Waals surface area contributed by atoms with Crippen LogP contribution < -0.4 is 0 Å². The number of carbonyl (C=O) groups is 2. The number of halogens is 2. The van der Waals surface area contributed by atoms with Crippen molar-refractivity contribution in [3.8, 4) is 11.5 Å². The van der Waals surface area contributed by atoms with E-state index in [1.807, 2.05) is 32.9 Å². The van der Waals surface area contributed by atoms with Crippen LogP contribution in [0.1, 0.15) is 76.7 Å². The molecule has 0 aliphatic carbocycles. The molecule has 0 radical (unpaired) electrons. The Hall–Kier alpha value is -3.24. The zero-order valence-corrected chi connectivity index (χ0v) is 33.9. The number of aromatic hydroxyl groups is 2. The Bertz CT molecular complexity index is 1650. The third-order valence-electron chi connectivity index (χ3n) is 9.77. The molecular formula is C40H54Cl2O13. The molecule has 2 aliphatic rings. The Morgan fingerprint density at radius 3 is 2.31 bits per heavy atom. The van der Waals surface area contributed by atoms with Gasteiger partial charge in [0.25, 0.3) is 0 Å². The van der Waals surface area contributed by atoms with Crippen molar-refractivity contribution in [3.05, 3.63) is 79.9 Å². The second-order valence-corrected chi connectivity index (χ2v) is 14.7. The molecule has 10 atom stereocenters. The number of benzene rings is 1. The molecule has 1 aromatic rings. The Morgan fingerprint density at radius 1 is 1.02 bits per heavy atom. The first-order chi connectivity index (χ1) is 25.8. The molecule has 13 nitrogen and oxygen atoms in total. The minimum atomic E-state index is -1.53. The second-order valence-electron chi connectivity index (χ2n) is 14.0. The molecule has 15 heteroatoms. The summed E-state index contributed by atoms with van der Waals surface area (Å²) in [7, 11) is 1.27. The van der Waals surface area contributed by atoms with Crippen molar-refractivity contribution in [2.45, 2.75) is 123 Å². The van der Waals surface area contributed by atoms with Gasteiger partial charge in [-0.1, -0.05) is 66.1 Å². The predicted octanol–water partition coefficient (Wildman–Crippen LogP) is 5.53. The molecular weight excluding hydrogens is 759 g/mol. The van der Waals surface area contributed by atoms with E-state index in [1.165, 1.54) is 34.0 Å². The Balaban J connectivity index is 1.88. The van der Waals surface area contributed by atoms with E-state index in [0.29, 0.717) is 12.0 Å². The molecule has 306 valence electrons. The summed E-state index contributed by atoms with van der Waals surface area (Å²) >= 11 is 12.0. The van der Waals surface area contributed by atoms with Gasteiger partial charge in [-0.3, -0.25) is 0 Å². The summed E-state index contributed by atoms with van der Waals surface area (Å²) in [6.45, 7) is 11.4. The molecule has 10 unspecified atom stereocenters. The molecule has 0 spiro atoms. The van der Waals surface area contributed by atoms with E-state index < -0.39 is 95.8 Å². The fraction of sp³-hybridized carbons (Fsp3) is 0.550. The largest absolute Gasteiger partial charge is 0.505 e. The van der Waals surface area contributed by atoms with E-state index in [-0.39, 0.29) is 34.9 Å². The van der Waals surface area contributed by atoms with E-state index in [1.54, 1.807) is 25.2 Å². The molecule has 0 bridgehead atoms. The van der Waals surface area contributed by atoms with Gasteiger partial charge in [0, 0.05) is 19.4 Å². The van der Waals surface area contributed by atoms with Crippen LogP contribution in [0, 0.1) is 12.8 Å². The van der Waals surface area contributed by atoms with Gasteiger partial charge in [0.05, 0.1) is 41.6 Å². The minimum absolute atomic E-state index is 0.00846. The average Bonchev–Trinajstić information content (AvgIpc) is 3.13. The van der Waals surface area contributed by atoms with Crippen molar-refractivity contribution in [1.29, 1.82) is 0 Å². The Labute approximate surface area is 332 Å². The number of allylic oxidation sites excluding steroid dienone is 4. The van der Waals surface area contributed by atoms with E-state index in [0.717, 1.165) is 11.1 Å². The second kappa shape index (κ2) is 20.8. The molecule has 2 heterocycles. The first-order valence-corrected chi connectivity index (χ1v) is 18.8. The third kappa shape index (κ3) is 11.7. The van der Waals surface area contributed by atoms with Crippen LogP contribution >= 0.6 is 23.2 Å². The van der Waals surface area contributed by atoms with Crippen LogP contribution in [0.25, 0.3) is 0 Å². The molecule has 0 aromatic heterocycles. The van der Waals surface area contributed by atoms with E-state index >= 15 is 0 Å². The van der Waals surface area contributed by atoms with Gasteiger partial charge in [-0.15, -0.1) is 0 Å². The molecule has 1 fully saturated rings. The molecule has 1 saturated heterocycles. The smallest absolute Gasteiger partial charge is 0.342 e. The lowest BCUT2D eigenvalue weighted by Crippen LogP contribution is -2.59. The van der Waals surface area contributed by atoms with Gasteiger partial charge in [-0.2, -0.15) is 0 Å². The number of esters is 2. The third-order valence-corrected chi connectivity index (χ3v) is 10.6. The maximum atomic E-state index is 13.6. The standard InChI is InChI=1S/C40H54Cl2O13/c1-9-25-17-20(3)27(44)13-11-10-12-26(38(49)54-28(23(6)43)15-14-19(2)16-21(4)32(25)45)18-52-40-37(51-8)35(48)36(24(7)53-40)55-39(50)29-22(5)30(41)34(47)31(42)33(29)46/h10-12,14,16-17,23-25,27-28,32,35-37,40,43-48H,9,13,15,18H2,1-8H3/b11-10+,19-14+,20-17+,21-16+,26-12+. The lowest BCUT2D eigenvalue weighted by molar-refractivity contribution is -0.295. The highest BCUT2D eigenvalue weighted by Gasteiger charge is 2.47. The fourth-order valence-corrected chi connectivity index (χ4v) is 6.69. The van der Waals surface area contributed by atoms with Crippen LogP contribution in [0.5, 0.6) is 11.5 Å². The van der Waals surface area contributed by atoms with Crippen LogP contribution in [-0.4, -0.2) is 111 Å². The topological polar surface area (TPSA) is 202 Å². The van der Waals surface area contributed by atoms with Crippen molar-refractivity contribution in [3.63, 3.8) is 0 Å². The zero-order valence-electron chi connectivity index (χ0n) is 32.4. The average molecular weight is 814 g/mol. The summed E-state index contributed by atoms with van der Waals surface area (Å²) in [6, 6.07) is 0. The number of phenolic OH excluding ortho intramolecular Hbond substituents is 2. The molecule has 6 N–H and O–H groups in total. The number of cyclic esters (lactones) is 1. The van der Waals surface area contributed by atoms with Gasteiger partial charge < -0.3 is 54.3 Å². The lowest BCUT2D eigenvalue weighted by Gasteiger charge is -2.42. The summed E-state index contributed by atoms with van der Waals surface area (Å²) < 4.78 is 28.7.